The van der Waals surface area contributed by atoms with Crippen molar-refractivity contribution in [3.63, 3.8) is 0 Å². The van der Waals surface area contributed by atoms with Crippen molar-refractivity contribution < 1.29 is 9.59 Å². The van der Waals surface area contributed by atoms with Crippen molar-refractivity contribution in [1.82, 2.24) is 5.32 Å². The van der Waals surface area contributed by atoms with Crippen LogP contribution < -0.4 is 5.32 Å². The predicted octanol–water partition coefficient (Wildman–Crippen LogP) is 4.43. The number of hydrogen-bond acceptors (Lipinski definition) is 2. The molecule has 1 N–H and O–H groups in total. The third kappa shape index (κ3) is 4.79. The van der Waals surface area contributed by atoms with Gasteiger partial charge in [0.05, 0.1) is 12.5 Å². The number of Topliss-reactive ketones (excluding diaryl/α,β-unsaturated/α-hetero) is 1. The van der Waals surface area contributed by atoms with E-state index in [0.717, 1.165) is 11.1 Å². The van der Waals surface area contributed by atoms with Crippen LogP contribution in [0, 0.1) is 0 Å². The molecule has 0 aliphatic rings. The largest absolute Gasteiger partial charge is 0.349 e. The van der Waals surface area contributed by atoms with Gasteiger partial charge in [-0.2, -0.15) is 0 Å². The van der Waals surface area contributed by atoms with Crippen LogP contribution in [0.25, 0.3) is 0 Å². The average molecular weight is 323 g/mol. The molecule has 24 heavy (non-hydrogen) atoms. The molecule has 0 saturated carbocycles. The lowest BCUT2D eigenvalue weighted by atomic mass is 10.0. The zero-order valence-electron chi connectivity index (χ0n) is 14.8. The van der Waals surface area contributed by atoms with Crippen LogP contribution in [0.2, 0.25) is 0 Å². The summed E-state index contributed by atoms with van der Waals surface area (Å²) in [7, 11) is 0. The first kappa shape index (κ1) is 17.9. The number of carbonyl (C=O) groups excluding carboxylic acids is 2. The summed E-state index contributed by atoms with van der Waals surface area (Å²) in [4.78, 5) is 23.5. The normalized spacial score (nSPS) is 12.0. The van der Waals surface area contributed by atoms with Crippen molar-refractivity contribution in [2.45, 2.75) is 46.1 Å². The maximum atomic E-state index is 12.2. The molecule has 1 amide bonds. The number of nitrogens with one attached hydrogen (secondary N) is 1. The van der Waals surface area contributed by atoms with Crippen LogP contribution >= 0.6 is 0 Å². The Hall–Kier alpha value is -2.42. The van der Waals surface area contributed by atoms with Gasteiger partial charge >= 0.3 is 0 Å². The molecule has 0 heterocycles. The zero-order chi connectivity index (χ0) is 17.7. The van der Waals surface area contributed by atoms with Gasteiger partial charge in [-0.3, -0.25) is 9.59 Å². The van der Waals surface area contributed by atoms with Gasteiger partial charge in [-0.15, -0.1) is 0 Å². The molecule has 126 valence electrons. The summed E-state index contributed by atoms with van der Waals surface area (Å²) in [5.74, 6) is 0.532. The predicted molar refractivity (Wildman–Crippen MR) is 97.2 cm³/mol. The second-order valence-corrected chi connectivity index (χ2v) is 6.54. The first-order valence-electron chi connectivity index (χ1n) is 8.36. The molecule has 0 saturated heterocycles. The Bertz CT molecular complexity index is 700. The van der Waals surface area contributed by atoms with Crippen LogP contribution in [0.5, 0.6) is 0 Å². The van der Waals surface area contributed by atoms with E-state index in [1.54, 1.807) is 19.1 Å². The molecule has 0 fully saturated rings. The molecule has 0 aromatic heterocycles. The number of carbonyl (C=O) groups is 2. The number of rotatable bonds is 6. The van der Waals surface area contributed by atoms with E-state index in [1.807, 2.05) is 31.2 Å². The van der Waals surface area contributed by atoms with Crippen LogP contribution in [0.4, 0.5) is 0 Å². The quantitative estimate of drug-likeness (QED) is 0.799. The zero-order valence-corrected chi connectivity index (χ0v) is 14.8. The van der Waals surface area contributed by atoms with E-state index in [2.05, 4.69) is 31.3 Å². The van der Waals surface area contributed by atoms with Crippen molar-refractivity contribution in [3.8, 4) is 0 Å². The van der Waals surface area contributed by atoms with E-state index in [-0.39, 0.29) is 17.7 Å². The summed E-state index contributed by atoms with van der Waals surface area (Å²) in [5.41, 5.74) is 3.96. The van der Waals surface area contributed by atoms with Crippen LogP contribution in [0.3, 0.4) is 0 Å². The summed E-state index contributed by atoms with van der Waals surface area (Å²) in [6.07, 6.45) is 0.369. The lowest BCUT2D eigenvalue weighted by Gasteiger charge is -2.15. The minimum Gasteiger partial charge on any atom is -0.349 e. The lowest BCUT2D eigenvalue weighted by molar-refractivity contribution is -0.121. The minimum absolute atomic E-state index is 0.00422. The summed E-state index contributed by atoms with van der Waals surface area (Å²) >= 11 is 0. The van der Waals surface area contributed by atoms with Crippen molar-refractivity contribution in [2.24, 2.45) is 0 Å². The van der Waals surface area contributed by atoms with Crippen LogP contribution in [0.15, 0.2) is 48.5 Å². The Balaban J connectivity index is 1.94. The van der Waals surface area contributed by atoms with E-state index in [4.69, 9.17) is 0 Å². The number of benzene rings is 2. The molecule has 3 heteroatoms. The van der Waals surface area contributed by atoms with Crippen molar-refractivity contribution >= 4 is 11.7 Å². The average Bonchev–Trinajstić information content (AvgIpc) is 2.55. The van der Waals surface area contributed by atoms with Gasteiger partial charge in [0.15, 0.2) is 5.78 Å². The lowest BCUT2D eigenvalue weighted by Crippen LogP contribution is -2.28. The van der Waals surface area contributed by atoms with E-state index in [1.165, 1.54) is 5.56 Å². The molecule has 1 unspecified atom stereocenters. The fourth-order valence-corrected chi connectivity index (χ4v) is 2.59. The first-order valence-corrected chi connectivity index (χ1v) is 8.36. The maximum Gasteiger partial charge on any atom is 0.224 e. The Morgan fingerprint density at radius 3 is 1.92 bits per heavy atom. The van der Waals surface area contributed by atoms with Crippen LogP contribution in [0.1, 0.15) is 66.7 Å². The van der Waals surface area contributed by atoms with E-state index in [9.17, 15) is 9.59 Å². The molecule has 0 radical (unpaired) electrons. The molecular formula is C21H25NO2. The Morgan fingerprint density at radius 2 is 1.42 bits per heavy atom. The summed E-state index contributed by atoms with van der Waals surface area (Å²) < 4.78 is 0. The van der Waals surface area contributed by atoms with Gasteiger partial charge in [0.1, 0.15) is 0 Å². The molecule has 2 rings (SSSR count). The Labute approximate surface area is 144 Å². The Morgan fingerprint density at radius 1 is 0.875 bits per heavy atom. The fraction of sp³-hybridized carbons (Fsp3) is 0.333. The summed E-state index contributed by atoms with van der Waals surface area (Å²) in [5, 5.41) is 3.01. The highest BCUT2D eigenvalue weighted by Crippen LogP contribution is 2.16. The maximum absolute atomic E-state index is 12.2. The van der Waals surface area contributed by atoms with E-state index in [0.29, 0.717) is 17.9 Å². The highest BCUT2D eigenvalue weighted by molar-refractivity contribution is 5.94. The minimum atomic E-state index is -0.0894. The van der Waals surface area contributed by atoms with E-state index >= 15 is 0 Å². The smallest absolute Gasteiger partial charge is 0.224 e. The van der Waals surface area contributed by atoms with Gasteiger partial charge in [-0.25, -0.2) is 0 Å². The van der Waals surface area contributed by atoms with Crippen LogP contribution in [-0.4, -0.2) is 11.7 Å². The van der Waals surface area contributed by atoms with Crippen LogP contribution in [-0.2, 0) is 11.2 Å². The molecule has 1 atom stereocenters. The number of ketones is 1. The van der Waals surface area contributed by atoms with Gasteiger partial charge in [-0.05, 0) is 36.5 Å². The topological polar surface area (TPSA) is 46.2 Å². The van der Waals surface area contributed by atoms with Crippen molar-refractivity contribution in [3.05, 3.63) is 70.8 Å². The monoisotopic (exact) mass is 323 g/mol. The molecule has 3 nitrogen and oxygen atoms in total. The van der Waals surface area contributed by atoms with Gasteiger partial charge < -0.3 is 5.32 Å². The Kier molecular flexibility index (Phi) is 5.91. The highest BCUT2D eigenvalue weighted by Gasteiger charge is 2.11. The molecule has 0 aliphatic heterocycles. The van der Waals surface area contributed by atoms with Crippen molar-refractivity contribution in [1.29, 1.82) is 0 Å². The molecule has 2 aromatic carbocycles. The summed E-state index contributed by atoms with van der Waals surface area (Å²) in [6, 6.07) is 15.5. The first-order chi connectivity index (χ1) is 11.4. The third-order valence-corrected chi connectivity index (χ3v) is 4.21. The second-order valence-electron chi connectivity index (χ2n) is 6.54. The molecule has 0 aliphatic carbocycles. The van der Waals surface area contributed by atoms with Crippen molar-refractivity contribution in [2.75, 3.05) is 0 Å². The second kappa shape index (κ2) is 7.91. The number of hydrogen-bond donors (Lipinski definition) is 1. The molecular weight excluding hydrogens is 298 g/mol. The highest BCUT2D eigenvalue weighted by atomic mass is 16.1. The van der Waals surface area contributed by atoms with Gasteiger partial charge in [-0.1, -0.05) is 62.4 Å². The summed E-state index contributed by atoms with van der Waals surface area (Å²) in [6.45, 7) is 7.80. The van der Waals surface area contributed by atoms with Gasteiger partial charge in [0, 0.05) is 5.56 Å². The van der Waals surface area contributed by atoms with E-state index < -0.39 is 0 Å². The standard InChI is InChI=1S/C21H25NO2/c1-14(2)18-7-5-17(6-8-18)13-21(24)22-15(3)19-9-11-20(12-10-19)16(4)23/h5-12,14-15H,13H2,1-4H3,(H,22,24). The number of amides is 1. The third-order valence-electron chi connectivity index (χ3n) is 4.21. The SMILES string of the molecule is CC(=O)c1ccc(C(C)NC(=O)Cc2ccc(C(C)C)cc2)cc1. The van der Waals surface area contributed by atoms with Gasteiger partial charge in [0.25, 0.3) is 0 Å². The fourth-order valence-electron chi connectivity index (χ4n) is 2.59. The van der Waals surface area contributed by atoms with Gasteiger partial charge in [0.2, 0.25) is 5.91 Å². The molecule has 2 aromatic rings. The molecule has 0 spiro atoms. The molecule has 0 bridgehead atoms.